The van der Waals surface area contributed by atoms with Gasteiger partial charge in [-0.3, -0.25) is 0 Å². The van der Waals surface area contributed by atoms with Crippen molar-refractivity contribution in [3.8, 4) is 0 Å². The van der Waals surface area contributed by atoms with Crippen molar-refractivity contribution in [1.29, 1.82) is 0 Å². The number of hydrogen-bond acceptors (Lipinski definition) is 2. The summed E-state index contributed by atoms with van der Waals surface area (Å²) < 4.78 is 1.05. The number of benzene rings is 1. The van der Waals surface area contributed by atoms with Gasteiger partial charge in [-0.25, -0.2) is 0 Å². The molecule has 1 aliphatic rings. The molecular weight excluding hydrogens is 330 g/mol. The quantitative estimate of drug-likeness (QED) is 0.858. The summed E-state index contributed by atoms with van der Waals surface area (Å²) in [4.78, 5) is 0. The van der Waals surface area contributed by atoms with Crippen LogP contribution in [0.2, 0.25) is 5.02 Å². The third-order valence-corrected chi connectivity index (χ3v) is 5.85. The molecule has 0 amide bonds. The molecule has 1 N–H and O–H groups in total. The van der Waals surface area contributed by atoms with E-state index < -0.39 is 0 Å². The Kier molecular flexibility index (Phi) is 5.87. The van der Waals surface area contributed by atoms with Gasteiger partial charge in [-0.05, 0) is 49.8 Å². The molecule has 0 spiro atoms. The van der Waals surface area contributed by atoms with Gasteiger partial charge in [0.25, 0.3) is 0 Å². The van der Waals surface area contributed by atoms with E-state index in [0.29, 0.717) is 6.04 Å². The van der Waals surface area contributed by atoms with Crippen molar-refractivity contribution in [2.45, 2.75) is 37.0 Å². The fraction of sp³-hybridized carbons (Fsp3) is 0.571. The van der Waals surface area contributed by atoms with Crippen molar-refractivity contribution in [3.05, 3.63) is 33.3 Å². The van der Waals surface area contributed by atoms with Gasteiger partial charge in [-0.2, -0.15) is 11.8 Å². The molecule has 100 valence electrons. The minimum absolute atomic E-state index is 0.522. The number of nitrogens with one attached hydrogen (secondary N) is 1. The largest absolute Gasteiger partial charge is 0.316 e. The lowest BCUT2D eigenvalue weighted by Crippen LogP contribution is -2.39. The van der Waals surface area contributed by atoms with Crippen LogP contribution in [-0.4, -0.2) is 24.1 Å². The summed E-state index contributed by atoms with van der Waals surface area (Å²) in [6.07, 6.45) is 5.07. The van der Waals surface area contributed by atoms with Crippen LogP contribution < -0.4 is 5.32 Å². The maximum absolute atomic E-state index is 6.30. The Morgan fingerprint density at radius 1 is 1.50 bits per heavy atom. The van der Waals surface area contributed by atoms with Gasteiger partial charge >= 0.3 is 0 Å². The third kappa shape index (κ3) is 3.89. The van der Waals surface area contributed by atoms with E-state index >= 15 is 0 Å². The Balaban J connectivity index is 2.04. The van der Waals surface area contributed by atoms with Crippen LogP contribution in [0.4, 0.5) is 0 Å². The number of thioether (sulfide) groups is 1. The minimum atomic E-state index is 0.522. The van der Waals surface area contributed by atoms with Gasteiger partial charge in [-0.15, -0.1) is 0 Å². The van der Waals surface area contributed by atoms with Gasteiger partial charge in [0.2, 0.25) is 0 Å². The molecule has 0 radical (unpaired) electrons. The molecule has 1 aromatic rings. The molecular formula is C14H19BrClNS. The van der Waals surface area contributed by atoms with Gasteiger partial charge in [0.1, 0.15) is 0 Å². The topological polar surface area (TPSA) is 12.0 Å². The third-order valence-electron chi connectivity index (χ3n) is 3.49. The van der Waals surface area contributed by atoms with E-state index in [1.807, 2.05) is 6.07 Å². The van der Waals surface area contributed by atoms with Gasteiger partial charge in [0.05, 0.1) is 0 Å². The van der Waals surface area contributed by atoms with E-state index in [4.69, 9.17) is 11.6 Å². The monoisotopic (exact) mass is 347 g/mol. The van der Waals surface area contributed by atoms with Crippen LogP contribution in [0.15, 0.2) is 22.7 Å². The molecule has 1 fully saturated rings. The van der Waals surface area contributed by atoms with E-state index in [2.05, 4.69) is 52.2 Å². The molecule has 2 rings (SSSR count). The smallest absolute Gasteiger partial charge is 0.0449 e. The summed E-state index contributed by atoms with van der Waals surface area (Å²) >= 11 is 11.9. The molecule has 0 bridgehead atoms. The fourth-order valence-electron chi connectivity index (χ4n) is 2.43. The summed E-state index contributed by atoms with van der Waals surface area (Å²) in [5, 5.41) is 5.06. The van der Waals surface area contributed by atoms with Crippen LogP contribution >= 0.6 is 39.3 Å². The lowest BCUT2D eigenvalue weighted by molar-refractivity contribution is 0.495. The maximum Gasteiger partial charge on any atom is 0.0449 e. The predicted octanol–water partition coefficient (Wildman–Crippen LogP) is 4.52. The van der Waals surface area contributed by atoms with Crippen LogP contribution in [0.3, 0.4) is 0 Å². The van der Waals surface area contributed by atoms with Crippen molar-refractivity contribution >= 4 is 39.3 Å². The number of likely N-dealkylation sites (N-methyl/N-ethyl adjacent to an activating group) is 1. The summed E-state index contributed by atoms with van der Waals surface area (Å²) in [7, 11) is 2.06. The van der Waals surface area contributed by atoms with E-state index in [1.165, 1.54) is 30.6 Å². The lowest BCUT2D eigenvalue weighted by Gasteiger charge is -2.30. The molecule has 1 aromatic carbocycles. The molecule has 2 unspecified atom stereocenters. The Morgan fingerprint density at radius 3 is 2.94 bits per heavy atom. The fourth-order valence-corrected chi connectivity index (χ4v) is 4.65. The van der Waals surface area contributed by atoms with Crippen LogP contribution in [0.25, 0.3) is 0 Å². The highest BCUT2D eigenvalue weighted by atomic mass is 79.9. The van der Waals surface area contributed by atoms with E-state index in [-0.39, 0.29) is 0 Å². The highest BCUT2D eigenvalue weighted by Crippen LogP contribution is 2.30. The zero-order valence-corrected chi connectivity index (χ0v) is 13.7. The number of halogens is 2. The zero-order valence-electron chi connectivity index (χ0n) is 10.6. The second kappa shape index (κ2) is 7.18. The molecule has 1 aliphatic heterocycles. The zero-order chi connectivity index (χ0) is 13.0. The molecule has 0 aliphatic carbocycles. The molecule has 1 heterocycles. The van der Waals surface area contributed by atoms with Crippen LogP contribution in [-0.2, 0) is 6.42 Å². The minimum Gasteiger partial charge on any atom is -0.316 e. The summed E-state index contributed by atoms with van der Waals surface area (Å²) in [5.74, 6) is 1.30. The van der Waals surface area contributed by atoms with Crippen LogP contribution in [0, 0.1) is 0 Å². The molecule has 18 heavy (non-hydrogen) atoms. The van der Waals surface area contributed by atoms with Crippen molar-refractivity contribution in [2.24, 2.45) is 0 Å². The molecule has 4 heteroatoms. The van der Waals surface area contributed by atoms with Crippen molar-refractivity contribution in [3.63, 3.8) is 0 Å². The highest BCUT2D eigenvalue weighted by molar-refractivity contribution is 9.10. The molecule has 0 saturated carbocycles. The first-order chi connectivity index (χ1) is 8.70. The van der Waals surface area contributed by atoms with Crippen molar-refractivity contribution in [1.82, 2.24) is 5.32 Å². The van der Waals surface area contributed by atoms with Gasteiger partial charge in [0, 0.05) is 20.8 Å². The first kappa shape index (κ1) is 14.7. The average molecular weight is 349 g/mol. The first-order valence-electron chi connectivity index (χ1n) is 6.43. The summed E-state index contributed by atoms with van der Waals surface area (Å²) in [6, 6.07) is 6.71. The molecule has 0 aromatic heterocycles. The Bertz CT molecular complexity index is 393. The maximum atomic E-state index is 6.30. The average Bonchev–Trinajstić information content (AvgIpc) is 2.39. The SMILES string of the molecule is CNC(Cc1ccc(Br)cc1Cl)C1CCCCS1. The second-order valence-corrected chi connectivity index (χ2v) is 7.41. The van der Waals surface area contributed by atoms with Crippen LogP contribution in [0.1, 0.15) is 24.8 Å². The van der Waals surface area contributed by atoms with Gasteiger partial charge in [-0.1, -0.05) is 40.0 Å². The van der Waals surface area contributed by atoms with E-state index in [0.717, 1.165) is 21.2 Å². The Morgan fingerprint density at radius 2 is 2.33 bits per heavy atom. The highest BCUT2D eigenvalue weighted by Gasteiger charge is 2.23. The van der Waals surface area contributed by atoms with Crippen LogP contribution in [0.5, 0.6) is 0 Å². The Labute approximate surface area is 127 Å². The van der Waals surface area contributed by atoms with Gasteiger partial charge in [0.15, 0.2) is 0 Å². The van der Waals surface area contributed by atoms with E-state index in [9.17, 15) is 0 Å². The number of rotatable bonds is 4. The normalized spacial score (nSPS) is 21.8. The van der Waals surface area contributed by atoms with E-state index in [1.54, 1.807) is 0 Å². The summed E-state index contributed by atoms with van der Waals surface area (Å²) in [6.45, 7) is 0. The van der Waals surface area contributed by atoms with Crippen molar-refractivity contribution in [2.75, 3.05) is 12.8 Å². The standard InChI is InChI=1S/C14H19BrClNS/c1-17-13(14-4-2-3-7-18-14)8-10-5-6-11(15)9-12(10)16/h5-6,9,13-14,17H,2-4,7-8H2,1H3. The lowest BCUT2D eigenvalue weighted by atomic mass is 9.99. The van der Waals surface area contributed by atoms with Gasteiger partial charge < -0.3 is 5.32 Å². The second-order valence-electron chi connectivity index (χ2n) is 4.74. The molecule has 2 atom stereocenters. The van der Waals surface area contributed by atoms with Crippen molar-refractivity contribution < 1.29 is 0 Å². The predicted molar refractivity (Wildman–Crippen MR) is 85.8 cm³/mol. The number of hydrogen-bond donors (Lipinski definition) is 1. The summed E-state index contributed by atoms with van der Waals surface area (Å²) in [5.41, 5.74) is 1.24. The Hall–Kier alpha value is 0.300. The molecule has 1 nitrogen and oxygen atoms in total. The molecule has 1 saturated heterocycles. The first-order valence-corrected chi connectivity index (χ1v) is 8.65.